The van der Waals surface area contributed by atoms with Crippen LogP contribution < -0.4 is 4.74 Å². The molecule has 0 unspecified atom stereocenters. The van der Waals surface area contributed by atoms with Crippen LogP contribution in [0.2, 0.25) is 0 Å². The van der Waals surface area contributed by atoms with Gasteiger partial charge in [0.05, 0.1) is 18.0 Å². The van der Waals surface area contributed by atoms with Gasteiger partial charge in [-0.1, -0.05) is 12.1 Å². The van der Waals surface area contributed by atoms with Crippen molar-refractivity contribution < 1.29 is 28.7 Å². The van der Waals surface area contributed by atoms with Gasteiger partial charge in [0.15, 0.2) is 12.6 Å². The monoisotopic (exact) mass is 425 g/mol. The number of carbonyl (C=O) groups excluding carboxylic acids is 2. The van der Waals surface area contributed by atoms with E-state index in [-0.39, 0.29) is 44.3 Å². The van der Waals surface area contributed by atoms with Gasteiger partial charge in [0.25, 0.3) is 5.69 Å². The normalized spacial score (nSPS) is 14.7. The van der Waals surface area contributed by atoms with Crippen LogP contribution in [0.25, 0.3) is 0 Å². The van der Waals surface area contributed by atoms with E-state index >= 15 is 0 Å². The molecule has 0 amide bonds. The van der Waals surface area contributed by atoms with Crippen molar-refractivity contribution in [3.8, 4) is 5.75 Å². The van der Waals surface area contributed by atoms with Crippen LogP contribution in [0.15, 0.2) is 30.3 Å². The predicted octanol–water partition coefficient (Wildman–Crippen LogP) is 4.05. The van der Waals surface area contributed by atoms with E-state index in [1.807, 2.05) is 18.2 Å². The Hall–Kier alpha value is -3.26. The molecule has 1 aliphatic carbocycles. The number of non-ortho nitro benzene ring substituents is 1. The maximum atomic E-state index is 12.5. The lowest BCUT2D eigenvalue weighted by Gasteiger charge is -2.20. The molecule has 0 radical (unpaired) electrons. The quantitative estimate of drug-likeness (QED) is 0.285. The van der Waals surface area contributed by atoms with Crippen LogP contribution in [0.3, 0.4) is 0 Å². The summed E-state index contributed by atoms with van der Waals surface area (Å²) in [6.45, 7) is 0.0458. The highest BCUT2D eigenvalue weighted by Gasteiger charge is 2.22. The fourth-order valence-corrected chi connectivity index (χ4v) is 3.99. The molecule has 4 rings (SSSR count). The fourth-order valence-electron chi connectivity index (χ4n) is 3.99. The molecule has 0 N–H and O–H groups in total. The van der Waals surface area contributed by atoms with Crippen LogP contribution in [0.4, 0.5) is 5.69 Å². The van der Waals surface area contributed by atoms with Gasteiger partial charge in [-0.25, -0.2) is 0 Å². The fraction of sp³-hybridized carbons (Fsp3) is 0.391. The molecule has 31 heavy (non-hydrogen) atoms. The summed E-state index contributed by atoms with van der Waals surface area (Å²) in [5.74, 6) is -0.202. The first-order chi connectivity index (χ1) is 15.0. The molecule has 2 aromatic carbocycles. The lowest BCUT2D eigenvalue weighted by molar-refractivity contribution is -0.385. The number of hydrogen-bond donors (Lipinski definition) is 0. The largest absolute Gasteiger partial charge is 0.467 e. The Balaban J connectivity index is 1.35. The number of nitro groups is 1. The summed E-state index contributed by atoms with van der Waals surface area (Å²) in [4.78, 5) is 35.3. The summed E-state index contributed by atoms with van der Waals surface area (Å²) in [7, 11) is 0. The first-order valence-electron chi connectivity index (χ1n) is 10.3. The van der Waals surface area contributed by atoms with Crippen molar-refractivity contribution in [1.29, 1.82) is 0 Å². The minimum atomic E-state index is -0.543. The van der Waals surface area contributed by atoms with Gasteiger partial charge >= 0.3 is 5.97 Å². The molecule has 2 aromatic rings. The van der Waals surface area contributed by atoms with Crippen molar-refractivity contribution >= 4 is 17.4 Å². The Bertz CT molecular complexity index is 1030. The van der Waals surface area contributed by atoms with E-state index < -0.39 is 10.9 Å². The van der Waals surface area contributed by atoms with Crippen molar-refractivity contribution in [2.75, 3.05) is 6.79 Å². The van der Waals surface area contributed by atoms with E-state index in [1.54, 1.807) is 0 Å². The molecular formula is C23H23NO7. The second-order valence-corrected chi connectivity index (χ2v) is 7.74. The highest BCUT2D eigenvalue weighted by Crippen LogP contribution is 2.33. The minimum absolute atomic E-state index is 0.0288. The molecule has 1 aliphatic heterocycles. The molecule has 0 saturated heterocycles. The maximum Gasteiger partial charge on any atom is 0.306 e. The van der Waals surface area contributed by atoms with E-state index in [4.69, 9.17) is 14.2 Å². The predicted molar refractivity (Wildman–Crippen MR) is 110 cm³/mol. The third-order valence-electron chi connectivity index (χ3n) is 5.60. The summed E-state index contributed by atoms with van der Waals surface area (Å²) >= 11 is 0. The number of carbonyl (C=O) groups is 2. The number of benzene rings is 2. The molecule has 2 aliphatic rings. The SMILES string of the molecule is O=C(CCC(=O)c1ccc2c(c1)CCCC2)OCc1cc([N+](=O)[O-])cc2c1OCOC2. The smallest absolute Gasteiger partial charge is 0.306 e. The van der Waals surface area contributed by atoms with Crippen molar-refractivity contribution in [2.24, 2.45) is 0 Å². The van der Waals surface area contributed by atoms with E-state index in [9.17, 15) is 19.7 Å². The van der Waals surface area contributed by atoms with Crippen molar-refractivity contribution in [3.05, 3.63) is 68.3 Å². The molecule has 0 atom stereocenters. The number of nitro benzene ring substituents is 1. The number of aryl methyl sites for hydroxylation is 2. The summed E-state index contributed by atoms with van der Waals surface area (Å²) < 4.78 is 15.9. The number of fused-ring (bicyclic) bond motifs is 2. The van der Waals surface area contributed by atoms with E-state index in [0.29, 0.717) is 22.4 Å². The van der Waals surface area contributed by atoms with E-state index in [0.717, 1.165) is 19.3 Å². The molecule has 0 saturated carbocycles. The lowest BCUT2D eigenvalue weighted by Crippen LogP contribution is -2.15. The van der Waals surface area contributed by atoms with Crippen LogP contribution in [0, 0.1) is 10.1 Å². The van der Waals surface area contributed by atoms with Crippen LogP contribution in [-0.2, 0) is 40.3 Å². The average Bonchev–Trinajstić information content (AvgIpc) is 2.80. The summed E-state index contributed by atoms with van der Waals surface area (Å²) in [6.07, 6.45) is 4.34. The molecule has 0 fully saturated rings. The molecule has 1 heterocycles. The third-order valence-corrected chi connectivity index (χ3v) is 5.60. The second-order valence-electron chi connectivity index (χ2n) is 7.74. The van der Waals surface area contributed by atoms with Crippen molar-refractivity contribution in [2.45, 2.75) is 51.7 Å². The van der Waals surface area contributed by atoms with Crippen molar-refractivity contribution in [3.63, 3.8) is 0 Å². The Morgan fingerprint density at radius 2 is 1.84 bits per heavy atom. The zero-order valence-corrected chi connectivity index (χ0v) is 17.1. The minimum Gasteiger partial charge on any atom is -0.467 e. The molecule has 8 nitrogen and oxygen atoms in total. The van der Waals surface area contributed by atoms with Gasteiger partial charge in [-0.15, -0.1) is 0 Å². The number of nitrogens with zero attached hydrogens (tertiary/aromatic N) is 1. The second kappa shape index (κ2) is 9.26. The van der Waals surface area contributed by atoms with E-state index in [1.165, 1.54) is 29.7 Å². The summed E-state index contributed by atoms with van der Waals surface area (Å²) in [6, 6.07) is 8.49. The highest BCUT2D eigenvalue weighted by molar-refractivity contribution is 5.97. The van der Waals surface area contributed by atoms with Crippen LogP contribution in [-0.4, -0.2) is 23.5 Å². The first kappa shape index (κ1) is 21.0. The van der Waals surface area contributed by atoms with Gasteiger partial charge < -0.3 is 14.2 Å². The number of ketones is 1. The molecule has 0 spiro atoms. The van der Waals surface area contributed by atoms with Crippen LogP contribution in [0.1, 0.15) is 58.3 Å². The van der Waals surface area contributed by atoms with Crippen LogP contribution in [0.5, 0.6) is 5.75 Å². The van der Waals surface area contributed by atoms with Gasteiger partial charge in [0.2, 0.25) is 0 Å². The number of esters is 1. The van der Waals surface area contributed by atoms with Gasteiger partial charge in [0, 0.05) is 35.2 Å². The van der Waals surface area contributed by atoms with Crippen LogP contribution >= 0.6 is 0 Å². The Kier molecular flexibility index (Phi) is 6.27. The van der Waals surface area contributed by atoms with Gasteiger partial charge in [-0.05, 0) is 42.9 Å². The number of rotatable bonds is 7. The zero-order valence-electron chi connectivity index (χ0n) is 17.1. The highest BCUT2D eigenvalue weighted by atomic mass is 16.7. The molecule has 0 bridgehead atoms. The third kappa shape index (κ3) is 4.91. The maximum absolute atomic E-state index is 12.5. The molecule has 0 aromatic heterocycles. The van der Waals surface area contributed by atoms with Gasteiger partial charge in [-0.2, -0.15) is 0 Å². The lowest BCUT2D eigenvalue weighted by atomic mass is 9.89. The van der Waals surface area contributed by atoms with Crippen molar-refractivity contribution in [1.82, 2.24) is 0 Å². The van der Waals surface area contributed by atoms with Gasteiger partial charge in [0.1, 0.15) is 12.4 Å². The zero-order chi connectivity index (χ0) is 21.8. The average molecular weight is 425 g/mol. The standard InChI is InChI=1S/C23H23NO7/c25-21(17-6-5-15-3-1-2-4-16(15)9-17)7-8-22(26)30-13-19-11-20(24(27)28)10-18-12-29-14-31-23(18)19/h5-6,9-11H,1-4,7-8,12-14H2. The Morgan fingerprint density at radius 3 is 2.65 bits per heavy atom. The Morgan fingerprint density at radius 1 is 1.03 bits per heavy atom. The van der Waals surface area contributed by atoms with E-state index in [2.05, 4.69) is 0 Å². The molecule has 8 heteroatoms. The number of Topliss-reactive ketones (excluding diaryl/α,β-unsaturated/α-hetero) is 1. The topological polar surface area (TPSA) is 105 Å². The number of hydrogen-bond acceptors (Lipinski definition) is 7. The first-order valence-corrected chi connectivity index (χ1v) is 10.3. The molecular weight excluding hydrogens is 402 g/mol. The summed E-state index contributed by atoms with van der Waals surface area (Å²) in [5, 5.41) is 11.2. The molecule has 162 valence electrons. The van der Waals surface area contributed by atoms with Gasteiger partial charge in [-0.3, -0.25) is 19.7 Å². The number of ether oxygens (including phenoxy) is 3. The Labute approximate surface area is 179 Å². The summed E-state index contributed by atoms with van der Waals surface area (Å²) in [5.41, 5.74) is 3.96.